The van der Waals surface area contributed by atoms with Crippen LogP contribution in [0.15, 0.2) is 48.5 Å². The number of hydrogen-bond donors (Lipinski definition) is 2. The topological polar surface area (TPSA) is 76.7 Å². The van der Waals surface area contributed by atoms with Crippen molar-refractivity contribution in [3.63, 3.8) is 0 Å². The van der Waals surface area contributed by atoms with Crippen LogP contribution in [0.5, 0.6) is 5.75 Å². The van der Waals surface area contributed by atoms with Gasteiger partial charge >= 0.3 is 5.97 Å². The fourth-order valence-corrected chi connectivity index (χ4v) is 2.72. The Bertz CT molecular complexity index is 835. The Labute approximate surface area is 183 Å². The number of anilines is 1. The molecule has 0 unspecified atom stereocenters. The van der Waals surface area contributed by atoms with Crippen LogP contribution in [-0.4, -0.2) is 30.2 Å². The zero-order chi connectivity index (χ0) is 21.8. The first-order valence-electron chi connectivity index (χ1n) is 10.1. The first kappa shape index (κ1) is 23.3. The van der Waals surface area contributed by atoms with Crippen molar-refractivity contribution in [3.05, 3.63) is 59.7 Å². The molecule has 0 bridgehead atoms. The highest BCUT2D eigenvalue weighted by Gasteiger charge is 2.08. The molecule has 0 aromatic heterocycles. The minimum absolute atomic E-state index is 0.184. The van der Waals surface area contributed by atoms with Gasteiger partial charge in [0.15, 0.2) is 5.11 Å². The number of nitrogens with one attached hydrogen (secondary N) is 2. The number of thiocarbonyl (C=S) groups is 1. The highest BCUT2D eigenvalue weighted by atomic mass is 32.1. The highest BCUT2D eigenvalue weighted by Crippen LogP contribution is 2.12. The lowest BCUT2D eigenvalue weighted by Crippen LogP contribution is -2.34. The smallest absolute Gasteiger partial charge is 0.338 e. The van der Waals surface area contributed by atoms with E-state index < -0.39 is 0 Å². The lowest BCUT2D eigenvalue weighted by atomic mass is 10.2. The number of esters is 1. The number of carbonyl (C=O) groups excluding carboxylic acids is 2. The molecule has 0 aliphatic heterocycles. The van der Waals surface area contributed by atoms with Crippen LogP contribution in [0.4, 0.5) is 5.69 Å². The SMILES string of the molecule is CCCCOC(=O)c1ccc(NC(=S)NC(=O)CCCOc2ccc(C)cc2)cc1. The molecular weight excluding hydrogens is 400 g/mol. The van der Waals surface area contributed by atoms with Crippen LogP contribution >= 0.6 is 12.2 Å². The summed E-state index contributed by atoms with van der Waals surface area (Å²) in [5.74, 6) is 0.255. The van der Waals surface area contributed by atoms with Gasteiger partial charge in [0.25, 0.3) is 0 Å². The van der Waals surface area contributed by atoms with Crippen molar-refractivity contribution in [3.8, 4) is 5.75 Å². The second kappa shape index (κ2) is 12.6. The zero-order valence-corrected chi connectivity index (χ0v) is 18.2. The highest BCUT2D eigenvalue weighted by molar-refractivity contribution is 7.80. The summed E-state index contributed by atoms with van der Waals surface area (Å²) in [6, 6.07) is 14.5. The first-order chi connectivity index (χ1) is 14.5. The minimum Gasteiger partial charge on any atom is -0.494 e. The Hall–Kier alpha value is -2.93. The van der Waals surface area contributed by atoms with Gasteiger partial charge in [-0.15, -0.1) is 0 Å². The van der Waals surface area contributed by atoms with E-state index in [9.17, 15) is 9.59 Å². The summed E-state index contributed by atoms with van der Waals surface area (Å²) in [7, 11) is 0. The van der Waals surface area contributed by atoms with E-state index in [0.29, 0.717) is 37.3 Å². The second-order valence-corrected chi connectivity index (χ2v) is 7.24. The van der Waals surface area contributed by atoms with Crippen molar-refractivity contribution in [2.24, 2.45) is 0 Å². The van der Waals surface area contributed by atoms with Crippen LogP contribution in [0.3, 0.4) is 0 Å². The zero-order valence-electron chi connectivity index (χ0n) is 17.4. The molecule has 0 heterocycles. The summed E-state index contributed by atoms with van der Waals surface area (Å²) >= 11 is 5.17. The predicted octanol–water partition coefficient (Wildman–Crippen LogP) is 4.62. The molecular formula is C23H28N2O4S. The monoisotopic (exact) mass is 428 g/mol. The van der Waals surface area contributed by atoms with Crippen LogP contribution in [0.25, 0.3) is 0 Å². The maximum absolute atomic E-state index is 12.0. The third-order valence-corrected chi connectivity index (χ3v) is 4.40. The van der Waals surface area contributed by atoms with Crippen LogP contribution in [0.2, 0.25) is 0 Å². The van der Waals surface area contributed by atoms with Gasteiger partial charge < -0.3 is 20.1 Å². The largest absolute Gasteiger partial charge is 0.494 e. The Morgan fingerprint density at radius 2 is 1.67 bits per heavy atom. The van der Waals surface area contributed by atoms with Gasteiger partial charge in [-0.1, -0.05) is 31.0 Å². The molecule has 2 aromatic rings. The third-order valence-electron chi connectivity index (χ3n) is 4.20. The molecule has 0 spiro atoms. The summed E-state index contributed by atoms with van der Waals surface area (Å²) in [6.07, 6.45) is 2.70. The maximum atomic E-state index is 12.0. The predicted molar refractivity (Wildman–Crippen MR) is 122 cm³/mol. The molecule has 2 aromatic carbocycles. The quantitative estimate of drug-likeness (QED) is 0.327. The summed E-state index contributed by atoms with van der Waals surface area (Å²) in [4.78, 5) is 23.9. The van der Waals surface area contributed by atoms with E-state index in [0.717, 1.165) is 18.6 Å². The van der Waals surface area contributed by atoms with Gasteiger partial charge in [-0.05, 0) is 68.4 Å². The van der Waals surface area contributed by atoms with Gasteiger partial charge in [0.2, 0.25) is 5.91 Å². The molecule has 1 amide bonds. The standard InChI is InChI=1S/C23H28N2O4S/c1-3-4-15-29-22(27)18-9-11-19(12-10-18)24-23(30)25-21(26)6-5-16-28-20-13-7-17(2)8-14-20/h7-14H,3-6,15-16H2,1-2H3,(H2,24,25,26,30). The second-order valence-electron chi connectivity index (χ2n) is 6.83. The van der Waals surface area contributed by atoms with Crippen molar-refractivity contribution in [1.29, 1.82) is 0 Å². The van der Waals surface area contributed by atoms with E-state index in [4.69, 9.17) is 21.7 Å². The van der Waals surface area contributed by atoms with E-state index >= 15 is 0 Å². The van der Waals surface area contributed by atoms with Gasteiger partial charge in [-0.3, -0.25) is 4.79 Å². The van der Waals surface area contributed by atoms with Crippen LogP contribution in [0.1, 0.15) is 48.5 Å². The Morgan fingerprint density at radius 3 is 2.33 bits per heavy atom. The molecule has 2 rings (SSSR count). The molecule has 0 fully saturated rings. The van der Waals surface area contributed by atoms with Crippen molar-refractivity contribution < 1.29 is 19.1 Å². The number of hydrogen-bond acceptors (Lipinski definition) is 5. The van der Waals surface area contributed by atoms with E-state index in [2.05, 4.69) is 10.6 Å². The Kier molecular flexibility index (Phi) is 9.80. The van der Waals surface area contributed by atoms with Gasteiger partial charge in [0.05, 0.1) is 18.8 Å². The van der Waals surface area contributed by atoms with E-state index in [1.54, 1.807) is 24.3 Å². The Balaban J connectivity index is 1.67. The molecule has 0 aliphatic rings. The van der Waals surface area contributed by atoms with Crippen molar-refractivity contribution in [2.45, 2.75) is 39.5 Å². The molecule has 30 heavy (non-hydrogen) atoms. The number of benzene rings is 2. The molecule has 0 radical (unpaired) electrons. The lowest BCUT2D eigenvalue weighted by molar-refractivity contribution is -0.119. The average molecular weight is 429 g/mol. The van der Waals surface area contributed by atoms with E-state index in [-0.39, 0.29) is 17.0 Å². The molecule has 0 saturated heterocycles. The van der Waals surface area contributed by atoms with Crippen LogP contribution in [0, 0.1) is 6.92 Å². The van der Waals surface area contributed by atoms with Gasteiger partial charge in [-0.2, -0.15) is 0 Å². The average Bonchev–Trinajstić information content (AvgIpc) is 2.73. The van der Waals surface area contributed by atoms with Crippen molar-refractivity contribution in [2.75, 3.05) is 18.5 Å². The van der Waals surface area contributed by atoms with Crippen molar-refractivity contribution >= 4 is 34.9 Å². The van der Waals surface area contributed by atoms with Crippen LogP contribution in [-0.2, 0) is 9.53 Å². The molecule has 2 N–H and O–H groups in total. The number of unbranched alkanes of at least 4 members (excludes halogenated alkanes) is 1. The van der Waals surface area contributed by atoms with Crippen molar-refractivity contribution in [1.82, 2.24) is 5.32 Å². The molecule has 6 nitrogen and oxygen atoms in total. The maximum Gasteiger partial charge on any atom is 0.338 e. The summed E-state index contributed by atoms with van der Waals surface area (Å²) < 4.78 is 10.8. The lowest BCUT2D eigenvalue weighted by Gasteiger charge is -2.10. The number of carbonyl (C=O) groups is 2. The third kappa shape index (κ3) is 8.61. The molecule has 160 valence electrons. The minimum atomic E-state index is -0.348. The summed E-state index contributed by atoms with van der Waals surface area (Å²) in [6.45, 7) is 4.92. The summed E-state index contributed by atoms with van der Waals surface area (Å²) in [5, 5.41) is 5.78. The molecule has 0 aliphatic carbocycles. The summed E-state index contributed by atoms with van der Waals surface area (Å²) in [5.41, 5.74) is 2.32. The number of ether oxygens (including phenoxy) is 2. The number of aryl methyl sites for hydroxylation is 1. The molecule has 7 heteroatoms. The molecule has 0 atom stereocenters. The van der Waals surface area contributed by atoms with Gasteiger partial charge in [0, 0.05) is 12.1 Å². The van der Waals surface area contributed by atoms with Crippen LogP contribution < -0.4 is 15.4 Å². The van der Waals surface area contributed by atoms with Gasteiger partial charge in [-0.25, -0.2) is 4.79 Å². The van der Waals surface area contributed by atoms with E-state index in [1.165, 1.54) is 5.56 Å². The Morgan fingerprint density at radius 1 is 0.967 bits per heavy atom. The molecule has 0 saturated carbocycles. The first-order valence-corrected chi connectivity index (χ1v) is 10.5. The fourth-order valence-electron chi connectivity index (χ4n) is 2.49. The van der Waals surface area contributed by atoms with Gasteiger partial charge in [0.1, 0.15) is 5.75 Å². The fraction of sp³-hybridized carbons (Fsp3) is 0.348. The number of rotatable bonds is 10. The van der Waals surface area contributed by atoms with E-state index in [1.807, 2.05) is 38.1 Å². The normalized spacial score (nSPS) is 10.2. The number of amides is 1.